The Balaban J connectivity index is 0.00000323. The molecule has 1 aliphatic rings. The van der Waals surface area contributed by atoms with Gasteiger partial charge >= 0.3 is 29.6 Å². The fraction of sp³-hybridized carbons (Fsp3) is 0.0625. The van der Waals surface area contributed by atoms with Crippen LogP contribution in [-0.4, -0.2) is 11.0 Å². The first-order chi connectivity index (χ1) is 18.9. The number of pyridine rings is 1. The Hall–Kier alpha value is -3.49. The van der Waals surface area contributed by atoms with Gasteiger partial charge in [0.05, 0.1) is 22.4 Å². The molecule has 1 unspecified atom stereocenters. The summed E-state index contributed by atoms with van der Waals surface area (Å²) in [5.41, 5.74) is 5.23. The average Bonchev–Trinajstić information content (AvgIpc) is 3.09. The van der Waals surface area contributed by atoms with Gasteiger partial charge in [0.15, 0.2) is 11.6 Å². The first-order valence-corrected chi connectivity index (χ1v) is 13.1. The normalized spacial score (nSPS) is 14.1. The number of nitrogens with zero attached hydrogens (tertiary/aromatic N) is 1. The van der Waals surface area contributed by atoms with Gasteiger partial charge < -0.3 is 14.6 Å². The van der Waals surface area contributed by atoms with Crippen LogP contribution < -0.4 is 39.4 Å². The van der Waals surface area contributed by atoms with Gasteiger partial charge in [0.25, 0.3) is 0 Å². The van der Waals surface area contributed by atoms with Gasteiger partial charge in [-0.1, -0.05) is 54.6 Å². The molecule has 0 bridgehead atoms. The molecule has 2 heterocycles. The van der Waals surface area contributed by atoms with Gasteiger partial charge in [-0.05, 0) is 64.7 Å². The van der Waals surface area contributed by atoms with Crippen molar-refractivity contribution in [3.05, 3.63) is 136 Å². The standard InChI is InChI=1S/C32H21F2NO3S.Na/c33-27-16-21-7-11-23(35-29(21)17-28(27)34)10-5-19-6-14-30-26(15-19)31(25-4-2-1-3-22(25)18-38-30)39-24-12-8-20(9-13-24)32(36)37;/h1-17,31H,18H2,(H,36,37);/q;+1/p-1/b10-5+;. The van der Waals surface area contributed by atoms with Crippen LogP contribution in [0, 0.1) is 11.6 Å². The number of hydrogen-bond donors (Lipinski definition) is 0. The third-order valence-electron chi connectivity index (χ3n) is 6.58. The molecule has 1 atom stereocenters. The third kappa shape index (κ3) is 5.83. The van der Waals surface area contributed by atoms with Gasteiger partial charge in [-0.3, -0.25) is 0 Å². The maximum absolute atomic E-state index is 13.7. The van der Waals surface area contributed by atoms with Crippen molar-refractivity contribution in [2.24, 2.45) is 0 Å². The molecule has 0 spiro atoms. The second kappa shape index (κ2) is 11.9. The van der Waals surface area contributed by atoms with Crippen molar-refractivity contribution in [2.45, 2.75) is 16.8 Å². The van der Waals surface area contributed by atoms with Crippen LogP contribution >= 0.6 is 11.8 Å². The van der Waals surface area contributed by atoms with Crippen molar-refractivity contribution >= 4 is 40.8 Å². The molecule has 0 saturated carbocycles. The van der Waals surface area contributed by atoms with Crippen LogP contribution in [0.15, 0.2) is 95.9 Å². The van der Waals surface area contributed by atoms with Gasteiger partial charge in [0.1, 0.15) is 12.4 Å². The molecule has 4 nitrogen and oxygen atoms in total. The fourth-order valence-electron chi connectivity index (χ4n) is 4.59. The number of carboxylic acid groups (broad SMARTS) is 1. The molecule has 0 amide bonds. The monoisotopic (exact) mass is 559 g/mol. The summed E-state index contributed by atoms with van der Waals surface area (Å²) < 4.78 is 33.4. The van der Waals surface area contributed by atoms with Gasteiger partial charge in [-0.2, -0.15) is 0 Å². The first kappa shape index (κ1) is 28.1. The van der Waals surface area contributed by atoms with E-state index in [4.69, 9.17) is 4.74 Å². The summed E-state index contributed by atoms with van der Waals surface area (Å²) in [5.74, 6) is -2.27. The number of aromatic nitrogens is 1. The number of aromatic carboxylic acids is 1. The Kier molecular flexibility index (Phi) is 8.38. The Labute approximate surface area is 256 Å². The molecule has 0 radical (unpaired) electrons. The third-order valence-corrected chi connectivity index (χ3v) is 7.87. The number of hydrogen-bond acceptors (Lipinski definition) is 5. The molecule has 0 N–H and O–H groups in total. The maximum atomic E-state index is 13.7. The molecule has 8 heteroatoms. The zero-order valence-corrected chi connectivity index (χ0v) is 24.3. The number of carboxylic acids is 1. The predicted octanol–water partition coefficient (Wildman–Crippen LogP) is 3.83. The zero-order valence-electron chi connectivity index (χ0n) is 21.4. The molecular weight excluding hydrogens is 539 g/mol. The molecule has 0 fully saturated rings. The van der Waals surface area contributed by atoms with Crippen molar-refractivity contribution in [2.75, 3.05) is 0 Å². The topological polar surface area (TPSA) is 62.2 Å². The van der Waals surface area contributed by atoms with E-state index in [0.29, 0.717) is 23.2 Å². The van der Waals surface area contributed by atoms with Crippen LogP contribution in [0.25, 0.3) is 23.1 Å². The van der Waals surface area contributed by atoms with Crippen molar-refractivity contribution < 1.29 is 53.0 Å². The SMILES string of the molecule is O=C([O-])c1ccc(SC2c3ccccc3COc3ccc(/C=C/c4ccc5cc(F)c(F)cc5n4)cc32)cc1.[Na+]. The van der Waals surface area contributed by atoms with E-state index in [9.17, 15) is 18.7 Å². The minimum Gasteiger partial charge on any atom is -0.545 e. The summed E-state index contributed by atoms with van der Waals surface area (Å²) in [6.45, 7) is 0.442. The summed E-state index contributed by atoms with van der Waals surface area (Å²) in [6.07, 6.45) is 3.75. The Bertz CT molecular complexity index is 1760. The van der Waals surface area contributed by atoms with Crippen LogP contribution in [0.4, 0.5) is 8.78 Å². The van der Waals surface area contributed by atoms with Gasteiger partial charge in [-0.15, -0.1) is 11.8 Å². The molecule has 192 valence electrons. The molecule has 1 aliphatic heterocycles. The quantitative estimate of drug-likeness (QED) is 0.307. The molecular formula is C32H20F2NNaO3S. The van der Waals surface area contributed by atoms with E-state index in [0.717, 1.165) is 45.0 Å². The second-order valence-corrected chi connectivity index (χ2v) is 10.3. The number of carbonyl (C=O) groups excluding carboxylic acids is 1. The van der Waals surface area contributed by atoms with Crippen LogP contribution in [0.3, 0.4) is 0 Å². The smallest absolute Gasteiger partial charge is 0.545 e. The molecule has 40 heavy (non-hydrogen) atoms. The zero-order chi connectivity index (χ0) is 26.9. The molecule has 0 saturated heterocycles. The largest absolute Gasteiger partial charge is 1.00 e. The molecule has 6 rings (SSSR count). The molecule has 1 aromatic heterocycles. The Morgan fingerprint density at radius 1 is 0.900 bits per heavy atom. The molecule has 4 aromatic carbocycles. The van der Waals surface area contributed by atoms with Gasteiger partial charge in [0, 0.05) is 21.9 Å². The van der Waals surface area contributed by atoms with Gasteiger partial charge in [0.2, 0.25) is 0 Å². The van der Waals surface area contributed by atoms with Crippen molar-refractivity contribution in [3.8, 4) is 5.75 Å². The second-order valence-electron chi connectivity index (χ2n) is 9.12. The number of rotatable bonds is 5. The summed E-state index contributed by atoms with van der Waals surface area (Å²) in [7, 11) is 0. The van der Waals surface area contributed by atoms with E-state index < -0.39 is 17.6 Å². The Morgan fingerprint density at radius 3 is 2.48 bits per heavy atom. The van der Waals surface area contributed by atoms with E-state index >= 15 is 0 Å². The minimum absolute atomic E-state index is 0. The Morgan fingerprint density at radius 2 is 1.68 bits per heavy atom. The van der Waals surface area contributed by atoms with Crippen molar-refractivity contribution in [1.29, 1.82) is 0 Å². The number of carbonyl (C=O) groups is 1. The van der Waals surface area contributed by atoms with Crippen molar-refractivity contribution in [1.82, 2.24) is 4.98 Å². The molecule has 5 aromatic rings. The fourth-order valence-corrected chi connectivity index (χ4v) is 5.83. The first-order valence-electron chi connectivity index (χ1n) is 12.2. The molecule has 0 aliphatic carbocycles. The number of fused-ring (bicyclic) bond motifs is 3. The number of halogens is 2. The van der Waals surface area contributed by atoms with E-state index in [-0.39, 0.29) is 40.4 Å². The van der Waals surface area contributed by atoms with Gasteiger partial charge in [-0.25, -0.2) is 13.8 Å². The van der Waals surface area contributed by atoms with Crippen LogP contribution in [0.5, 0.6) is 5.75 Å². The van der Waals surface area contributed by atoms with E-state index in [1.165, 1.54) is 0 Å². The minimum atomic E-state index is -1.21. The predicted molar refractivity (Wildman–Crippen MR) is 146 cm³/mol. The summed E-state index contributed by atoms with van der Waals surface area (Å²) in [4.78, 5) is 16.6. The summed E-state index contributed by atoms with van der Waals surface area (Å²) in [6, 6.07) is 26.5. The number of ether oxygens (including phenoxy) is 1. The summed E-state index contributed by atoms with van der Waals surface area (Å²) in [5, 5.41) is 11.6. The van der Waals surface area contributed by atoms with E-state index in [1.807, 2.05) is 36.4 Å². The average molecular weight is 560 g/mol. The maximum Gasteiger partial charge on any atom is 1.00 e. The van der Waals surface area contributed by atoms with Crippen LogP contribution in [0.1, 0.15) is 43.6 Å². The van der Waals surface area contributed by atoms with E-state index in [1.54, 1.807) is 48.2 Å². The summed E-state index contributed by atoms with van der Waals surface area (Å²) >= 11 is 1.61. The van der Waals surface area contributed by atoms with Crippen LogP contribution in [-0.2, 0) is 6.61 Å². The van der Waals surface area contributed by atoms with Crippen LogP contribution in [0.2, 0.25) is 0 Å². The van der Waals surface area contributed by atoms with Crippen molar-refractivity contribution in [3.63, 3.8) is 0 Å². The van der Waals surface area contributed by atoms with E-state index in [2.05, 4.69) is 23.2 Å². The number of benzene rings is 4. The number of thioether (sulfide) groups is 1.